The molecular weight excluding hydrogens is 212 g/mol. The van der Waals surface area contributed by atoms with Crippen molar-refractivity contribution in [3.05, 3.63) is 16.6 Å². The number of halogens is 1. The number of hydrogen-bond acceptors (Lipinski definition) is 3. The van der Waals surface area contributed by atoms with E-state index in [1.165, 1.54) is 19.2 Å². The maximum absolute atomic E-state index is 9.25. The lowest BCUT2D eigenvalue weighted by atomic mass is 10.3. The number of rotatable bonds is 1. The van der Waals surface area contributed by atoms with Crippen LogP contribution in [0.2, 0.25) is 0 Å². The van der Waals surface area contributed by atoms with Crippen molar-refractivity contribution in [2.75, 3.05) is 7.11 Å². The minimum Gasteiger partial charge on any atom is -0.504 e. The highest BCUT2D eigenvalue weighted by molar-refractivity contribution is 9.10. The first-order valence-electron chi connectivity index (χ1n) is 2.91. The Morgan fingerprint density at radius 3 is 2.45 bits per heavy atom. The zero-order valence-corrected chi connectivity index (χ0v) is 7.42. The van der Waals surface area contributed by atoms with Gasteiger partial charge in [0.2, 0.25) is 5.75 Å². The summed E-state index contributed by atoms with van der Waals surface area (Å²) in [7, 11) is 1.38. The van der Waals surface area contributed by atoms with Crippen LogP contribution >= 0.6 is 15.9 Å². The largest absolute Gasteiger partial charge is 0.504 e. The fourth-order valence-corrected chi connectivity index (χ4v) is 1.05. The third-order valence-electron chi connectivity index (χ3n) is 1.27. The van der Waals surface area contributed by atoms with Gasteiger partial charge in [0.15, 0.2) is 11.5 Å². The van der Waals surface area contributed by atoms with Crippen LogP contribution in [0.1, 0.15) is 0 Å². The standard InChI is InChI=1S/C7H7BrO3/c1-11-7-5(9)3-2-4(8)6(7)10/h2-3,9-10H,1H3. The van der Waals surface area contributed by atoms with Crippen LogP contribution in [0.25, 0.3) is 0 Å². The second-order valence-electron chi connectivity index (χ2n) is 1.95. The molecule has 1 aromatic rings. The highest BCUT2D eigenvalue weighted by Gasteiger charge is 2.09. The Bertz CT molecular complexity index is 273. The van der Waals surface area contributed by atoms with Crippen molar-refractivity contribution in [2.45, 2.75) is 0 Å². The second-order valence-corrected chi connectivity index (χ2v) is 2.80. The first kappa shape index (κ1) is 8.20. The summed E-state index contributed by atoms with van der Waals surface area (Å²) in [6.45, 7) is 0. The number of ether oxygens (including phenoxy) is 1. The van der Waals surface area contributed by atoms with Gasteiger partial charge in [-0.3, -0.25) is 0 Å². The predicted molar refractivity (Wildman–Crippen MR) is 44.0 cm³/mol. The normalized spacial score (nSPS) is 9.64. The summed E-state index contributed by atoms with van der Waals surface area (Å²) in [5, 5.41) is 18.4. The molecule has 0 radical (unpaired) electrons. The van der Waals surface area contributed by atoms with Gasteiger partial charge in [-0.1, -0.05) is 0 Å². The molecule has 0 spiro atoms. The van der Waals surface area contributed by atoms with Gasteiger partial charge in [-0.05, 0) is 28.1 Å². The van der Waals surface area contributed by atoms with Crippen molar-refractivity contribution in [3.63, 3.8) is 0 Å². The van der Waals surface area contributed by atoms with Crippen molar-refractivity contribution in [3.8, 4) is 17.2 Å². The summed E-state index contributed by atoms with van der Waals surface area (Å²) in [4.78, 5) is 0. The lowest BCUT2D eigenvalue weighted by Gasteiger charge is -2.05. The SMILES string of the molecule is COc1c(O)ccc(Br)c1O. The number of phenols is 2. The number of phenolic OH excluding ortho intramolecular Hbond substituents is 2. The molecule has 1 rings (SSSR count). The molecule has 0 aliphatic carbocycles. The topological polar surface area (TPSA) is 49.7 Å². The van der Waals surface area contributed by atoms with E-state index >= 15 is 0 Å². The van der Waals surface area contributed by atoms with Crippen LogP contribution in [0, 0.1) is 0 Å². The highest BCUT2D eigenvalue weighted by atomic mass is 79.9. The number of benzene rings is 1. The van der Waals surface area contributed by atoms with Gasteiger partial charge in [0, 0.05) is 0 Å². The molecule has 60 valence electrons. The van der Waals surface area contributed by atoms with E-state index in [4.69, 9.17) is 9.84 Å². The molecule has 2 N–H and O–H groups in total. The fraction of sp³-hybridized carbons (Fsp3) is 0.143. The number of hydrogen-bond donors (Lipinski definition) is 2. The molecule has 0 bridgehead atoms. The molecule has 0 aromatic heterocycles. The van der Waals surface area contributed by atoms with E-state index in [1.54, 1.807) is 0 Å². The summed E-state index contributed by atoms with van der Waals surface area (Å²) in [5.41, 5.74) is 0. The molecule has 3 nitrogen and oxygen atoms in total. The molecule has 0 unspecified atom stereocenters. The van der Waals surface area contributed by atoms with Gasteiger partial charge in [0.25, 0.3) is 0 Å². The second kappa shape index (κ2) is 3.00. The van der Waals surface area contributed by atoms with Gasteiger partial charge < -0.3 is 14.9 Å². The summed E-state index contributed by atoms with van der Waals surface area (Å²) in [6, 6.07) is 2.97. The molecule has 0 amide bonds. The molecular formula is C7H7BrO3. The first-order valence-corrected chi connectivity index (χ1v) is 3.70. The van der Waals surface area contributed by atoms with E-state index in [2.05, 4.69) is 15.9 Å². The van der Waals surface area contributed by atoms with Gasteiger partial charge in [0.05, 0.1) is 11.6 Å². The van der Waals surface area contributed by atoms with Gasteiger partial charge in [-0.2, -0.15) is 0 Å². The van der Waals surface area contributed by atoms with Crippen molar-refractivity contribution in [1.29, 1.82) is 0 Å². The maximum atomic E-state index is 9.25. The Morgan fingerprint density at radius 1 is 1.36 bits per heavy atom. The summed E-state index contributed by atoms with van der Waals surface area (Å²) in [6.07, 6.45) is 0. The Kier molecular flexibility index (Phi) is 2.24. The zero-order valence-electron chi connectivity index (χ0n) is 5.84. The van der Waals surface area contributed by atoms with Crippen molar-refractivity contribution in [1.82, 2.24) is 0 Å². The average Bonchev–Trinajstić information content (AvgIpc) is 1.99. The van der Waals surface area contributed by atoms with E-state index in [9.17, 15) is 5.11 Å². The van der Waals surface area contributed by atoms with Gasteiger partial charge in [-0.25, -0.2) is 0 Å². The Balaban J connectivity index is 3.29. The van der Waals surface area contributed by atoms with E-state index in [0.717, 1.165) is 0 Å². The molecule has 0 aliphatic rings. The third kappa shape index (κ3) is 1.40. The quantitative estimate of drug-likeness (QED) is 0.757. The van der Waals surface area contributed by atoms with Crippen LogP contribution in [-0.2, 0) is 0 Å². The third-order valence-corrected chi connectivity index (χ3v) is 1.91. The average molecular weight is 219 g/mol. The molecule has 0 saturated heterocycles. The van der Waals surface area contributed by atoms with Gasteiger partial charge in [0.1, 0.15) is 0 Å². The van der Waals surface area contributed by atoms with Gasteiger partial charge in [-0.15, -0.1) is 0 Å². The molecule has 4 heteroatoms. The molecule has 11 heavy (non-hydrogen) atoms. The maximum Gasteiger partial charge on any atom is 0.203 e. The lowest BCUT2D eigenvalue weighted by molar-refractivity contribution is 0.343. The smallest absolute Gasteiger partial charge is 0.203 e. The first-order chi connectivity index (χ1) is 5.16. The van der Waals surface area contributed by atoms with E-state index < -0.39 is 0 Å². The minimum atomic E-state index is -0.0903. The van der Waals surface area contributed by atoms with E-state index in [-0.39, 0.29) is 17.2 Å². The Hall–Kier alpha value is -0.900. The lowest BCUT2D eigenvalue weighted by Crippen LogP contribution is -1.84. The van der Waals surface area contributed by atoms with Crippen LogP contribution < -0.4 is 4.74 Å². The van der Waals surface area contributed by atoms with Crippen LogP contribution in [-0.4, -0.2) is 17.3 Å². The molecule has 0 aliphatic heterocycles. The van der Waals surface area contributed by atoms with Crippen molar-refractivity contribution >= 4 is 15.9 Å². The minimum absolute atomic E-state index is 0.0757. The zero-order chi connectivity index (χ0) is 8.43. The van der Waals surface area contributed by atoms with E-state index in [0.29, 0.717) is 4.47 Å². The molecule has 0 heterocycles. The summed E-state index contributed by atoms with van der Waals surface area (Å²) in [5.74, 6) is -0.0833. The summed E-state index contributed by atoms with van der Waals surface area (Å²) < 4.78 is 5.22. The molecule has 0 saturated carbocycles. The van der Waals surface area contributed by atoms with Crippen molar-refractivity contribution in [2.24, 2.45) is 0 Å². The number of methoxy groups -OCH3 is 1. The summed E-state index contributed by atoms with van der Waals surface area (Å²) >= 11 is 3.08. The van der Waals surface area contributed by atoms with Crippen LogP contribution in [0.5, 0.6) is 17.2 Å². The molecule has 0 atom stereocenters. The fourth-order valence-electron chi connectivity index (χ4n) is 0.738. The van der Waals surface area contributed by atoms with Crippen LogP contribution in [0.15, 0.2) is 16.6 Å². The number of aromatic hydroxyl groups is 2. The van der Waals surface area contributed by atoms with Crippen LogP contribution in [0.4, 0.5) is 0 Å². The van der Waals surface area contributed by atoms with E-state index in [1.807, 2.05) is 0 Å². The monoisotopic (exact) mass is 218 g/mol. The molecule has 1 aromatic carbocycles. The van der Waals surface area contributed by atoms with Crippen molar-refractivity contribution < 1.29 is 14.9 Å². The highest BCUT2D eigenvalue weighted by Crippen LogP contribution is 2.40. The van der Waals surface area contributed by atoms with Gasteiger partial charge >= 0.3 is 0 Å². The van der Waals surface area contributed by atoms with Crippen LogP contribution in [0.3, 0.4) is 0 Å². The predicted octanol–water partition coefficient (Wildman–Crippen LogP) is 1.87. The Labute approximate surface area is 72.4 Å². The Morgan fingerprint density at radius 2 is 2.00 bits per heavy atom. The molecule has 0 fully saturated rings.